The molecule has 0 heterocycles. The Balaban J connectivity index is 2.52. The molecule has 1 aromatic carbocycles. The lowest BCUT2D eigenvalue weighted by atomic mass is 9.91. The molecule has 0 aliphatic carbocycles. The maximum Gasteiger partial charge on any atom is 0.157 e. The number of hydrogen-bond donors (Lipinski definition) is 1. The van der Waals surface area contributed by atoms with Crippen LogP contribution in [0.1, 0.15) is 20.8 Å². The molecule has 0 amide bonds. The van der Waals surface area contributed by atoms with Crippen LogP contribution in [0.2, 0.25) is 0 Å². The summed E-state index contributed by atoms with van der Waals surface area (Å²) >= 11 is 0. The van der Waals surface area contributed by atoms with Crippen molar-refractivity contribution in [3.8, 4) is 5.75 Å². The molecule has 3 nitrogen and oxygen atoms in total. The van der Waals surface area contributed by atoms with Gasteiger partial charge in [-0.15, -0.1) is 0 Å². The Morgan fingerprint density at radius 2 is 1.81 bits per heavy atom. The summed E-state index contributed by atoms with van der Waals surface area (Å²) in [6.45, 7) is 6.12. The maximum atomic E-state index is 11.7. The summed E-state index contributed by atoms with van der Waals surface area (Å²) in [6.07, 6.45) is 0. The zero-order valence-corrected chi connectivity index (χ0v) is 10.3. The first-order chi connectivity index (χ1) is 7.43. The Bertz CT molecular complexity index is 349. The summed E-state index contributed by atoms with van der Waals surface area (Å²) in [6, 6.07) is 7.53. The number of hydrogen-bond acceptors (Lipinski definition) is 3. The Morgan fingerprint density at radius 1 is 1.25 bits per heavy atom. The Labute approximate surface area is 96.8 Å². The number of rotatable bonds is 4. The lowest BCUT2D eigenvalue weighted by molar-refractivity contribution is -0.124. The van der Waals surface area contributed by atoms with Gasteiger partial charge in [0.2, 0.25) is 0 Å². The predicted octanol–water partition coefficient (Wildman–Crippen LogP) is 2.72. The summed E-state index contributed by atoms with van der Waals surface area (Å²) in [4.78, 5) is 11.7. The number of nitrogens with one attached hydrogen (secondary N) is 1. The smallest absolute Gasteiger partial charge is 0.157 e. The average Bonchev–Trinajstić information content (AvgIpc) is 2.25. The van der Waals surface area contributed by atoms with Gasteiger partial charge in [0.1, 0.15) is 5.75 Å². The van der Waals surface area contributed by atoms with E-state index in [1.54, 1.807) is 7.11 Å². The third kappa shape index (κ3) is 3.57. The number of carbonyl (C=O) groups is 1. The lowest BCUT2D eigenvalue weighted by Crippen LogP contribution is -2.27. The Hall–Kier alpha value is -1.51. The molecule has 16 heavy (non-hydrogen) atoms. The van der Waals surface area contributed by atoms with E-state index in [0.29, 0.717) is 6.54 Å². The van der Waals surface area contributed by atoms with Gasteiger partial charge >= 0.3 is 0 Å². The van der Waals surface area contributed by atoms with Crippen LogP contribution in [0.3, 0.4) is 0 Å². The first kappa shape index (κ1) is 12.6. The monoisotopic (exact) mass is 221 g/mol. The largest absolute Gasteiger partial charge is 0.497 e. The summed E-state index contributed by atoms with van der Waals surface area (Å²) in [5.41, 5.74) is 0.637. The van der Waals surface area contributed by atoms with Crippen LogP contribution in [0, 0.1) is 5.41 Å². The second-order valence-electron chi connectivity index (χ2n) is 4.76. The predicted molar refractivity (Wildman–Crippen MR) is 65.9 cm³/mol. The third-order valence-electron chi connectivity index (χ3n) is 2.38. The summed E-state index contributed by atoms with van der Waals surface area (Å²) in [5, 5.41) is 3.10. The highest BCUT2D eigenvalue weighted by atomic mass is 16.5. The van der Waals surface area contributed by atoms with Crippen LogP contribution in [-0.4, -0.2) is 19.4 Å². The minimum absolute atomic E-state index is 0.198. The molecule has 0 bridgehead atoms. The lowest BCUT2D eigenvalue weighted by Gasteiger charge is -2.17. The quantitative estimate of drug-likeness (QED) is 0.849. The first-order valence-corrected chi connectivity index (χ1v) is 5.34. The van der Waals surface area contributed by atoms with Gasteiger partial charge in [-0.25, -0.2) is 0 Å². The van der Waals surface area contributed by atoms with Crippen LogP contribution >= 0.6 is 0 Å². The van der Waals surface area contributed by atoms with Crippen LogP contribution in [-0.2, 0) is 4.79 Å². The van der Waals surface area contributed by atoms with Crippen molar-refractivity contribution in [1.82, 2.24) is 0 Å². The van der Waals surface area contributed by atoms with Crippen molar-refractivity contribution >= 4 is 11.5 Å². The number of ketones is 1. The second-order valence-corrected chi connectivity index (χ2v) is 4.76. The molecule has 0 unspecified atom stereocenters. The molecule has 0 aliphatic rings. The van der Waals surface area contributed by atoms with Crippen molar-refractivity contribution in [3.63, 3.8) is 0 Å². The molecule has 0 radical (unpaired) electrons. The van der Waals surface area contributed by atoms with Gasteiger partial charge in [-0.1, -0.05) is 20.8 Å². The van der Waals surface area contributed by atoms with Gasteiger partial charge in [-0.2, -0.15) is 0 Å². The minimum Gasteiger partial charge on any atom is -0.497 e. The van der Waals surface area contributed by atoms with E-state index < -0.39 is 0 Å². The number of methoxy groups -OCH3 is 1. The molecule has 0 saturated carbocycles. The topological polar surface area (TPSA) is 38.3 Å². The van der Waals surface area contributed by atoms with Gasteiger partial charge in [-0.05, 0) is 24.3 Å². The fourth-order valence-electron chi connectivity index (χ4n) is 1.16. The molecular weight excluding hydrogens is 202 g/mol. The number of Topliss-reactive ketones (excluding diaryl/α,β-unsaturated/α-hetero) is 1. The number of benzene rings is 1. The fraction of sp³-hybridized carbons (Fsp3) is 0.462. The molecule has 1 rings (SSSR count). The Morgan fingerprint density at radius 3 is 2.25 bits per heavy atom. The van der Waals surface area contributed by atoms with E-state index in [2.05, 4.69) is 5.32 Å². The van der Waals surface area contributed by atoms with E-state index in [4.69, 9.17) is 4.74 Å². The molecule has 0 aliphatic heterocycles. The van der Waals surface area contributed by atoms with Crippen molar-refractivity contribution in [1.29, 1.82) is 0 Å². The molecule has 0 fully saturated rings. The Kier molecular flexibility index (Phi) is 3.93. The number of ether oxygens (including phenoxy) is 1. The van der Waals surface area contributed by atoms with Gasteiger partial charge in [0.05, 0.1) is 13.7 Å². The number of carbonyl (C=O) groups excluding carboxylic acids is 1. The van der Waals surface area contributed by atoms with E-state index in [1.807, 2.05) is 45.0 Å². The normalized spacial score (nSPS) is 11.0. The molecular formula is C13H19NO2. The van der Waals surface area contributed by atoms with E-state index in [-0.39, 0.29) is 11.2 Å². The summed E-state index contributed by atoms with van der Waals surface area (Å²) in [7, 11) is 1.63. The second kappa shape index (κ2) is 5.01. The van der Waals surface area contributed by atoms with Crippen molar-refractivity contribution in [2.75, 3.05) is 19.0 Å². The van der Waals surface area contributed by atoms with Crippen molar-refractivity contribution in [2.24, 2.45) is 5.41 Å². The molecule has 0 saturated heterocycles. The van der Waals surface area contributed by atoms with E-state index in [1.165, 1.54) is 0 Å². The molecule has 3 heteroatoms. The number of anilines is 1. The van der Waals surface area contributed by atoms with Crippen LogP contribution < -0.4 is 10.1 Å². The van der Waals surface area contributed by atoms with E-state index in [9.17, 15) is 4.79 Å². The van der Waals surface area contributed by atoms with Gasteiger partial charge in [-0.3, -0.25) is 4.79 Å². The average molecular weight is 221 g/mol. The zero-order chi connectivity index (χ0) is 12.2. The zero-order valence-electron chi connectivity index (χ0n) is 10.3. The van der Waals surface area contributed by atoms with Crippen LogP contribution in [0.5, 0.6) is 5.75 Å². The SMILES string of the molecule is COc1ccc(NCC(=O)C(C)(C)C)cc1. The molecule has 0 spiro atoms. The summed E-state index contributed by atoms with van der Waals surface area (Å²) < 4.78 is 5.05. The van der Waals surface area contributed by atoms with Crippen molar-refractivity contribution in [3.05, 3.63) is 24.3 Å². The highest BCUT2D eigenvalue weighted by Gasteiger charge is 2.20. The van der Waals surface area contributed by atoms with Gasteiger partial charge in [0.25, 0.3) is 0 Å². The molecule has 0 atom stereocenters. The van der Waals surface area contributed by atoms with Gasteiger partial charge in [0, 0.05) is 11.1 Å². The molecule has 1 N–H and O–H groups in total. The molecule has 0 aromatic heterocycles. The molecule has 1 aromatic rings. The maximum absolute atomic E-state index is 11.7. The fourth-order valence-corrected chi connectivity index (χ4v) is 1.16. The van der Waals surface area contributed by atoms with Crippen LogP contribution in [0.4, 0.5) is 5.69 Å². The highest BCUT2D eigenvalue weighted by Crippen LogP contribution is 2.17. The van der Waals surface area contributed by atoms with E-state index in [0.717, 1.165) is 11.4 Å². The highest BCUT2D eigenvalue weighted by molar-refractivity contribution is 5.87. The first-order valence-electron chi connectivity index (χ1n) is 5.34. The van der Waals surface area contributed by atoms with Crippen LogP contribution in [0.25, 0.3) is 0 Å². The molecule has 88 valence electrons. The van der Waals surface area contributed by atoms with Crippen molar-refractivity contribution in [2.45, 2.75) is 20.8 Å². The van der Waals surface area contributed by atoms with Gasteiger partial charge in [0.15, 0.2) is 5.78 Å². The minimum atomic E-state index is -0.292. The van der Waals surface area contributed by atoms with Crippen LogP contribution in [0.15, 0.2) is 24.3 Å². The third-order valence-corrected chi connectivity index (χ3v) is 2.38. The van der Waals surface area contributed by atoms with Crippen molar-refractivity contribution < 1.29 is 9.53 Å². The summed E-state index contributed by atoms with van der Waals surface area (Å²) in [5.74, 6) is 1.01. The standard InChI is InChI=1S/C13H19NO2/c1-13(2,3)12(15)9-14-10-5-7-11(16-4)8-6-10/h5-8,14H,9H2,1-4H3. The van der Waals surface area contributed by atoms with E-state index >= 15 is 0 Å². The van der Waals surface area contributed by atoms with Gasteiger partial charge < -0.3 is 10.1 Å².